The van der Waals surface area contributed by atoms with Gasteiger partial charge in [0.05, 0.1) is 14.2 Å². The number of guanidine groups is 1. The monoisotopic (exact) mass is 478 g/mol. The number of hydrogen-bond donors (Lipinski definition) is 2. The van der Waals surface area contributed by atoms with E-state index in [2.05, 4.69) is 54.5 Å². The Hall–Kier alpha value is -1.22. The standard InChI is InChI=1S/C19H34N4O2.HI/c1-19(2,14-23(4)5)13-22-18(20-3)21-11-10-15-8-9-16(24-6)17(12-15)25-7;/h8-9,12H,10-11,13-14H2,1-7H3,(H2,20,21,22);1H. The Labute approximate surface area is 175 Å². The number of rotatable bonds is 9. The maximum absolute atomic E-state index is 5.35. The Balaban J connectivity index is 0.00000625. The van der Waals surface area contributed by atoms with Crippen LogP contribution >= 0.6 is 24.0 Å². The van der Waals surface area contributed by atoms with Gasteiger partial charge in [-0.15, -0.1) is 24.0 Å². The Morgan fingerprint density at radius 1 is 1.12 bits per heavy atom. The first kappa shape index (κ1) is 24.8. The molecule has 0 saturated heterocycles. The summed E-state index contributed by atoms with van der Waals surface area (Å²) < 4.78 is 10.6. The van der Waals surface area contributed by atoms with E-state index in [4.69, 9.17) is 9.47 Å². The molecule has 6 nitrogen and oxygen atoms in total. The van der Waals surface area contributed by atoms with Crippen molar-refractivity contribution >= 4 is 29.9 Å². The predicted molar refractivity (Wildman–Crippen MR) is 120 cm³/mol. The molecule has 0 saturated carbocycles. The van der Waals surface area contributed by atoms with E-state index in [1.54, 1.807) is 21.3 Å². The van der Waals surface area contributed by atoms with Crippen LogP contribution in [0.2, 0.25) is 0 Å². The van der Waals surface area contributed by atoms with E-state index in [-0.39, 0.29) is 29.4 Å². The Kier molecular flexibility index (Phi) is 11.6. The van der Waals surface area contributed by atoms with Gasteiger partial charge in [0.1, 0.15) is 0 Å². The molecular weight excluding hydrogens is 443 g/mol. The third-order valence-corrected chi connectivity index (χ3v) is 3.86. The quantitative estimate of drug-likeness (QED) is 0.325. The molecule has 0 heterocycles. The smallest absolute Gasteiger partial charge is 0.191 e. The van der Waals surface area contributed by atoms with E-state index in [0.717, 1.165) is 43.5 Å². The number of nitrogens with zero attached hydrogens (tertiary/aromatic N) is 2. The Morgan fingerprint density at radius 2 is 1.77 bits per heavy atom. The van der Waals surface area contributed by atoms with Gasteiger partial charge in [-0.1, -0.05) is 19.9 Å². The maximum Gasteiger partial charge on any atom is 0.191 e. The van der Waals surface area contributed by atoms with Gasteiger partial charge in [0, 0.05) is 26.7 Å². The van der Waals surface area contributed by atoms with Crippen LogP contribution in [0.3, 0.4) is 0 Å². The molecule has 0 fully saturated rings. The van der Waals surface area contributed by atoms with Crippen molar-refractivity contribution in [1.82, 2.24) is 15.5 Å². The molecule has 0 aliphatic carbocycles. The molecule has 1 aromatic carbocycles. The van der Waals surface area contributed by atoms with Crippen LogP contribution in [0, 0.1) is 5.41 Å². The van der Waals surface area contributed by atoms with Gasteiger partial charge in [-0.2, -0.15) is 0 Å². The molecule has 0 unspecified atom stereocenters. The molecule has 0 amide bonds. The Morgan fingerprint density at radius 3 is 2.31 bits per heavy atom. The van der Waals surface area contributed by atoms with E-state index in [1.165, 1.54) is 5.56 Å². The average Bonchev–Trinajstić information content (AvgIpc) is 2.56. The van der Waals surface area contributed by atoms with Crippen LogP contribution in [-0.2, 0) is 6.42 Å². The number of methoxy groups -OCH3 is 2. The van der Waals surface area contributed by atoms with Gasteiger partial charge in [0.2, 0.25) is 0 Å². The fourth-order valence-corrected chi connectivity index (χ4v) is 2.82. The number of ether oxygens (including phenoxy) is 2. The number of benzene rings is 1. The minimum absolute atomic E-state index is 0. The van der Waals surface area contributed by atoms with Gasteiger partial charge < -0.3 is 25.0 Å². The van der Waals surface area contributed by atoms with Gasteiger partial charge in [-0.3, -0.25) is 4.99 Å². The van der Waals surface area contributed by atoms with Gasteiger partial charge in [-0.25, -0.2) is 0 Å². The minimum Gasteiger partial charge on any atom is -0.493 e. The van der Waals surface area contributed by atoms with Gasteiger partial charge in [0.15, 0.2) is 17.5 Å². The third kappa shape index (κ3) is 8.93. The maximum atomic E-state index is 5.35. The first-order chi connectivity index (χ1) is 11.8. The highest BCUT2D eigenvalue weighted by molar-refractivity contribution is 14.0. The molecule has 0 radical (unpaired) electrons. The number of hydrogen-bond acceptors (Lipinski definition) is 4. The first-order valence-corrected chi connectivity index (χ1v) is 8.61. The van der Waals surface area contributed by atoms with E-state index in [9.17, 15) is 0 Å². The zero-order valence-corrected chi connectivity index (χ0v) is 19.5. The minimum atomic E-state index is 0. The highest BCUT2D eigenvalue weighted by atomic mass is 127. The molecule has 2 N–H and O–H groups in total. The normalized spacial score (nSPS) is 11.8. The van der Waals surface area contributed by atoms with Crippen molar-refractivity contribution in [3.8, 4) is 11.5 Å². The van der Waals surface area contributed by atoms with E-state index in [1.807, 2.05) is 12.1 Å². The summed E-state index contributed by atoms with van der Waals surface area (Å²) in [6.45, 7) is 7.17. The molecule has 150 valence electrons. The van der Waals surface area contributed by atoms with Crippen LogP contribution in [0.1, 0.15) is 19.4 Å². The molecular formula is C19H35IN4O2. The molecule has 7 heteroatoms. The lowest BCUT2D eigenvalue weighted by molar-refractivity contribution is 0.241. The van der Waals surface area contributed by atoms with E-state index < -0.39 is 0 Å². The van der Waals surface area contributed by atoms with Crippen LogP contribution in [-0.4, -0.2) is 65.9 Å². The molecule has 1 rings (SSSR count). The lowest BCUT2D eigenvalue weighted by atomic mass is 9.93. The number of halogens is 1. The van der Waals surface area contributed by atoms with Crippen molar-refractivity contribution in [2.45, 2.75) is 20.3 Å². The summed E-state index contributed by atoms with van der Waals surface area (Å²) in [4.78, 5) is 6.50. The summed E-state index contributed by atoms with van der Waals surface area (Å²) in [6, 6.07) is 6.00. The molecule has 0 spiro atoms. The number of aliphatic imine (C=N–C) groups is 1. The van der Waals surface area contributed by atoms with Crippen molar-refractivity contribution in [2.75, 3.05) is 55.0 Å². The third-order valence-electron chi connectivity index (χ3n) is 3.86. The molecule has 1 aromatic rings. The van der Waals surface area contributed by atoms with Crippen LogP contribution in [0.25, 0.3) is 0 Å². The summed E-state index contributed by atoms with van der Waals surface area (Å²) in [5.41, 5.74) is 1.36. The summed E-state index contributed by atoms with van der Waals surface area (Å²) in [5.74, 6) is 2.33. The van der Waals surface area contributed by atoms with Gasteiger partial charge >= 0.3 is 0 Å². The second-order valence-electron chi connectivity index (χ2n) is 7.19. The zero-order valence-electron chi connectivity index (χ0n) is 17.2. The SMILES string of the molecule is CN=C(NCCc1ccc(OC)c(OC)c1)NCC(C)(C)CN(C)C.I. The second kappa shape index (κ2) is 12.2. The molecule has 26 heavy (non-hydrogen) atoms. The topological polar surface area (TPSA) is 58.1 Å². The predicted octanol–water partition coefficient (Wildman–Crippen LogP) is 2.62. The van der Waals surface area contributed by atoms with Crippen molar-refractivity contribution in [2.24, 2.45) is 10.4 Å². The van der Waals surface area contributed by atoms with Gasteiger partial charge in [0.25, 0.3) is 0 Å². The fourth-order valence-electron chi connectivity index (χ4n) is 2.82. The largest absolute Gasteiger partial charge is 0.493 e. The lowest BCUT2D eigenvalue weighted by Crippen LogP contribution is -2.45. The molecule has 0 atom stereocenters. The summed E-state index contributed by atoms with van der Waals surface area (Å²) >= 11 is 0. The van der Waals surface area contributed by atoms with Crippen molar-refractivity contribution in [1.29, 1.82) is 0 Å². The number of nitrogens with one attached hydrogen (secondary N) is 2. The average molecular weight is 478 g/mol. The van der Waals surface area contributed by atoms with Crippen molar-refractivity contribution in [3.05, 3.63) is 23.8 Å². The first-order valence-electron chi connectivity index (χ1n) is 8.61. The van der Waals surface area contributed by atoms with E-state index >= 15 is 0 Å². The van der Waals surface area contributed by atoms with Crippen LogP contribution in [0.4, 0.5) is 0 Å². The lowest BCUT2D eigenvalue weighted by Gasteiger charge is -2.29. The van der Waals surface area contributed by atoms with Crippen LogP contribution < -0.4 is 20.1 Å². The van der Waals surface area contributed by atoms with Crippen LogP contribution in [0.5, 0.6) is 11.5 Å². The summed E-state index contributed by atoms with van der Waals surface area (Å²) in [5, 5.41) is 6.77. The fraction of sp³-hybridized carbons (Fsp3) is 0.632. The molecule has 0 aliphatic heterocycles. The Bertz CT molecular complexity index is 562. The van der Waals surface area contributed by atoms with Crippen molar-refractivity contribution in [3.63, 3.8) is 0 Å². The summed E-state index contributed by atoms with van der Waals surface area (Å²) in [7, 11) is 9.29. The highest BCUT2D eigenvalue weighted by Crippen LogP contribution is 2.27. The molecule has 0 bridgehead atoms. The molecule has 0 aliphatic rings. The summed E-state index contributed by atoms with van der Waals surface area (Å²) in [6.07, 6.45) is 0.877. The van der Waals surface area contributed by atoms with Crippen molar-refractivity contribution < 1.29 is 9.47 Å². The second-order valence-corrected chi connectivity index (χ2v) is 7.19. The zero-order chi connectivity index (χ0) is 18.9. The highest BCUT2D eigenvalue weighted by Gasteiger charge is 2.19. The van der Waals surface area contributed by atoms with Gasteiger partial charge in [-0.05, 0) is 43.6 Å². The van der Waals surface area contributed by atoms with E-state index in [0.29, 0.717) is 0 Å². The van der Waals surface area contributed by atoms with Crippen LogP contribution in [0.15, 0.2) is 23.2 Å². The molecule has 0 aromatic heterocycles.